The van der Waals surface area contributed by atoms with Crippen LogP contribution in [0.15, 0.2) is 12.7 Å². The van der Waals surface area contributed by atoms with Crippen molar-refractivity contribution in [2.75, 3.05) is 6.61 Å². The maximum atomic E-state index is 11.0. The normalized spacial score (nSPS) is 40.4. The third-order valence-electron chi connectivity index (χ3n) is 1.75. The van der Waals surface area contributed by atoms with Crippen LogP contribution in [-0.2, 0) is 9.09 Å². The minimum absolute atomic E-state index is 0.0378. The molecule has 1 N–H and O–H groups in total. The molecule has 0 aromatic carbocycles. The van der Waals surface area contributed by atoms with Gasteiger partial charge in [0, 0.05) is 6.04 Å². The molecule has 1 rings (SSSR count). The highest BCUT2D eigenvalue weighted by Crippen LogP contribution is 2.52. The molecule has 0 spiro atoms. The van der Waals surface area contributed by atoms with Crippen molar-refractivity contribution in [3.05, 3.63) is 12.7 Å². The highest BCUT2D eigenvalue weighted by molar-refractivity contribution is 7.83. The summed E-state index contributed by atoms with van der Waals surface area (Å²) in [7, 11) is 0. The highest BCUT2D eigenvalue weighted by Gasteiger charge is 2.34. The van der Waals surface area contributed by atoms with Crippen LogP contribution in [0.2, 0.25) is 0 Å². The molecule has 0 aliphatic carbocycles. The van der Waals surface area contributed by atoms with E-state index in [-0.39, 0.29) is 12.0 Å². The van der Waals surface area contributed by atoms with Crippen LogP contribution in [0.4, 0.5) is 0 Å². The molecule has 1 aliphatic heterocycles. The fourth-order valence-electron chi connectivity index (χ4n) is 0.882. The zero-order valence-electron chi connectivity index (χ0n) is 6.29. The summed E-state index contributed by atoms with van der Waals surface area (Å²) in [5.74, 6) is 0.226. The maximum Gasteiger partial charge on any atom is 0.360 e. The van der Waals surface area contributed by atoms with Gasteiger partial charge in [0.2, 0.25) is 0 Å². The molecule has 1 aliphatic rings. The second kappa shape index (κ2) is 3.28. The number of hydrogen-bond donors (Lipinski definition) is 1. The molecule has 3 nitrogen and oxygen atoms in total. The largest absolute Gasteiger partial charge is 0.360 e. The number of rotatable bonds is 2. The molecule has 5 heteroatoms. The molecule has 0 saturated carbocycles. The molecule has 0 aromatic heterocycles. The first-order chi connectivity index (χ1) is 5.05. The number of halogens is 1. The molecular formula is C6H11ClNO2P. The van der Waals surface area contributed by atoms with Crippen LogP contribution in [0, 0.1) is 5.92 Å². The molecule has 3 atom stereocenters. The molecule has 0 bridgehead atoms. The van der Waals surface area contributed by atoms with Crippen LogP contribution in [0.25, 0.3) is 0 Å². The second-order valence-electron chi connectivity index (χ2n) is 2.61. The van der Waals surface area contributed by atoms with E-state index in [4.69, 9.17) is 15.8 Å². The Morgan fingerprint density at radius 3 is 3.00 bits per heavy atom. The second-order valence-corrected chi connectivity index (χ2v) is 5.42. The summed E-state index contributed by atoms with van der Waals surface area (Å²) in [6.45, 7) is 3.00. The Morgan fingerprint density at radius 1 is 2.00 bits per heavy atom. The first-order valence-electron chi connectivity index (χ1n) is 3.40. The van der Waals surface area contributed by atoms with Gasteiger partial charge >= 0.3 is 6.87 Å². The monoisotopic (exact) mass is 195 g/mol. The topological polar surface area (TPSA) is 38.3 Å². The van der Waals surface area contributed by atoms with E-state index in [9.17, 15) is 4.57 Å². The van der Waals surface area contributed by atoms with Gasteiger partial charge in [-0.05, 0) is 17.2 Å². The van der Waals surface area contributed by atoms with Gasteiger partial charge in [0.1, 0.15) is 0 Å². The smallest absolute Gasteiger partial charge is 0.305 e. The molecule has 0 radical (unpaired) electrons. The van der Waals surface area contributed by atoms with Gasteiger partial charge in [-0.2, -0.15) is 0 Å². The van der Waals surface area contributed by atoms with Gasteiger partial charge in [0.05, 0.1) is 6.61 Å². The average Bonchev–Trinajstić information content (AvgIpc) is 2.29. The van der Waals surface area contributed by atoms with Crippen LogP contribution in [-0.4, -0.2) is 12.6 Å². The van der Waals surface area contributed by atoms with Crippen LogP contribution < -0.4 is 5.09 Å². The first kappa shape index (κ1) is 9.27. The van der Waals surface area contributed by atoms with Crippen LogP contribution >= 0.6 is 18.1 Å². The Balaban J connectivity index is 2.54. The summed E-state index contributed by atoms with van der Waals surface area (Å²) in [6, 6.07) is 0.0378. The lowest BCUT2D eigenvalue weighted by Gasteiger charge is -2.11. The highest BCUT2D eigenvalue weighted by atomic mass is 35.7. The third kappa shape index (κ3) is 2.31. The van der Waals surface area contributed by atoms with E-state index in [1.165, 1.54) is 0 Å². The fraction of sp³-hybridized carbons (Fsp3) is 0.667. The fourth-order valence-corrected chi connectivity index (χ4v) is 2.56. The SMILES string of the molecule is C=C[C@@H](C)[C@@H]1COP(=O)(Cl)N1. The molecule has 0 amide bonds. The number of nitrogens with one attached hydrogen (secondary N) is 1. The summed E-state index contributed by atoms with van der Waals surface area (Å²) < 4.78 is 15.9. The Bertz CT molecular complexity index is 209. The molecule has 64 valence electrons. The summed E-state index contributed by atoms with van der Waals surface area (Å²) in [5, 5.41) is 2.71. The summed E-state index contributed by atoms with van der Waals surface area (Å²) >= 11 is 5.45. The van der Waals surface area contributed by atoms with Crippen LogP contribution in [0.5, 0.6) is 0 Å². The van der Waals surface area contributed by atoms with Crippen molar-refractivity contribution in [2.45, 2.75) is 13.0 Å². The summed E-state index contributed by atoms with van der Waals surface area (Å²) in [6.07, 6.45) is 1.78. The van der Waals surface area contributed by atoms with Crippen molar-refractivity contribution in [2.24, 2.45) is 5.92 Å². The van der Waals surface area contributed by atoms with Gasteiger partial charge in [-0.15, -0.1) is 6.58 Å². The molecular weight excluding hydrogens is 184 g/mol. The molecule has 1 heterocycles. The average molecular weight is 196 g/mol. The van der Waals surface area contributed by atoms with E-state index in [1.54, 1.807) is 6.08 Å². The first-order valence-corrected chi connectivity index (χ1v) is 5.93. The summed E-state index contributed by atoms with van der Waals surface area (Å²) in [5.41, 5.74) is 0. The van der Waals surface area contributed by atoms with Gasteiger partial charge < -0.3 is 4.52 Å². The standard InChI is InChI=1S/C6H11ClNO2P/c1-3-5(2)6-4-10-11(7,9)8-6/h3,5-6H,1,4H2,2H3,(H,8,9)/t5-,6+,11?/m1/s1. The van der Waals surface area contributed by atoms with E-state index >= 15 is 0 Å². The molecule has 0 aromatic rings. The van der Waals surface area contributed by atoms with Crippen molar-refractivity contribution in [1.29, 1.82) is 0 Å². The van der Waals surface area contributed by atoms with Crippen molar-refractivity contribution in [1.82, 2.24) is 5.09 Å². The minimum Gasteiger partial charge on any atom is -0.305 e. The quantitative estimate of drug-likeness (QED) is 0.542. The van der Waals surface area contributed by atoms with E-state index in [0.717, 1.165) is 0 Å². The maximum absolute atomic E-state index is 11.0. The Morgan fingerprint density at radius 2 is 2.64 bits per heavy atom. The van der Waals surface area contributed by atoms with Crippen LogP contribution in [0.1, 0.15) is 6.92 Å². The molecule has 1 unspecified atom stereocenters. The van der Waals surface area contributed by atoms with Crippen molar-refractivity contribution < 1.29 is 9.09 Å². The van der Waals surface area contributed by atoms with Gasteiger partial charge in [-0.25, -0.2) is 5.09 Å². The third-order valence-corrected chi connectivity index (χ3v) is 3.45. The van der Waals surface area contributed by atoms with E-state index < -0.39 is 6.87 Å². The van der Waals surface area contributed by atoms with E-state index in [0.29, 0.717) is 6.61 Å². The van der Waals surface area contributed by atoms with Crippen LogP contribution in [0.3, 0.4) is 0 Å². The van der Waals surface area contributed by atoms with Gasteiger partial charge in [0.15, 0.2) is 0 Å². The zero-order chi connectivity index (χ0) is 8.48. The summed E-state index contributed by atoms with van der Waals surface area (Å²) in [4.78, 5) is 0. The van der Waals surface area contributed by atoms with Crippen molar-refractivity contribution in [3.8, 4) is 0 Å². The van der Waals surface area contributed by atoms with Crippen molar-refractivity contribution >= 4 is 18.1 Å². The van der Waals surface area contributed by atoms with Crippen molar-refractivity contribution in [3.63, 3.8) is 0 Å². The Kier molecular flexibility index (Phi) is 2.76. The van der Waals surface area contributed by atoms with E-state index in [2.05, 4.69) is 11.7 Å². The van der Waals surface area contributed by atoms with Gasteiger partial charge in [-0.1, -0.05) is 13.0 Å². The zero-order valence-corrected chi connectivity index (χ0v) is 7.94. The van der Waals surface area contributed by atoms with Gasteiger partial charge in [0.25, 0.3) is 0 Å². The Labute approximate surface area is 71.1 Å². The molecule has 1 saturated heterocycles. The van der Waals surface area contributed by atoms with Gasteiger partial charge in [-0.3, -0.25) is 4.57 Å². The lowest BCUT2D eigenvalue weighted by Crippen LogP contribution is -2.27. The predicted octanol–water partition coefficient (Wildman–Crippen LogP) is 2.14. The lowest BCUT2D eigenvalue weighted by atomic mass is 10.0. The molecule has 11 heavy (non-hydrogen) atoms. The lowest BCUT2D eigenvalue weighted by molar-refractivity contribution is 0.321. The molecule has 1 fully saturated rings. The minimum atomic E-state index is -2.99. The predicted molar refractivity (Wildman–Crippen MR) is 45.7 cm³/mol. The number of hydrogen-bond acceptors (Lipinski definition) is 2. The Hall–Kier alpha value is 0.180. The van der Waals surface area contributed by atoms with E-state index in [1.807, 2.05) is 6.92 Å².